The van der Waals surface area contributed by atoms with Gasteiger partial charge in [0.25, 0.3) is 0 Å². The molecule has 0 aromatic carbocycles. The first-order valence-electron chi connectivity index (χ1n) is 5.52. The highest BCUT2D eigenvalue weighted by molar-refractivity contribution is 4.69. The van der Waals surface area contributed by atoms with Gasteiger partial charge in [0.1, 0.15) is 0 Å². The van der Waals surface area contributed by atoms with E-state index in [0.29, 0.717) is 12.0 Å². The van der Waals surface area contributed by atoms with Gasteiger partial charge in [0.15, 0.2) is 0 Å². The lowest BCUT2D eigenvalue weighted by Crippen LogP contribution is -2.39. The van der Waals surface area contributed by atoms with Gasteiger partial charge in [-0.25, -0.2) is 0 Å². The summed E-state index contributed by atoms with van der Waals surface area (Å²) in [4.78, 5) is 0. The van der Waals surface area contributed by atoms with Crippen molar-refractivity contribution in [2.45, 2.75) is 33.2 Å². The Balaban J connectivity index is 3.41. The van der Waals surface area contributed by atoms with Crippen LogP contribution in [0.4, 0.5) is 0 Å². The third kappa shape index (κ3) is 7.30. The first-order valence-corrected chi connectivity index (χ1v) is 5.52. The molecule has 0 radical (unpaired) electrons. The van der Waals surface area contributed by atoms with E-state index in [0.717, 1.165) is 32.8 Å². The molecule has 0 aromatic rings. The molecule has 0 heterocycles. The van der Waals surface area contributed by atoms with Crippen molar-refractivity contribution in [2.24, 2.45) is 5.92 Å². The number of rotatable bonds is 9. The maximum absolute atomic E-state index is 5.39. The minimum atomic E-state index is 0.435. The molecule has 0 aliphatic carbocycles. The van der Waals surface area contributed by atoms with Gasteiger partial charge < -0.3 is 14.8 Å². The van der Waals surface area contributed by atoms with Crippen LogP contribution in [0.1, 0.15) is 27.2 Å². The van der Waals surface area contributed by atoms with E-state index in [2.05, 4.69) is 26.1 Å². The molecule has 1 unspecified atom stereocenters. The van der Waals surface area contributed by atoms with Gasteiger partial charge in [0, 0.05) is 26.3 Å². The van der Waals surface area contributed by atoms with Crippen molar-refractivity contribution in [1.29, 1.82) is 0 Å². The van der Waals surface area contributed by atoms with Crippen molar-refractivity contribution in [3.8, 4) is 0 Å². The summed E-state index contributed by atoms with van der Waals surface area (Å²) in [6.45, 7) is 9.85. The van der Waals surface area contributed by atoms with Crippen LogP contribution < -0.4 is 5.32 Å². The zero-order valence-electron chi connectivity index (χ0n) is 10.0. The van der Waals surface area contributed by atoms with Gasteiger partial charge in [0.2, 0.25) is 0 Å². The average Bonchev–Trinajstić information content (AvgIpc) is 2.15. The number of nitrogens with one attached hydrogen (secondary N) is 1. The largest absolute Gasteiger partial charge is 0.383 e. The van der Waals surface area contributed by atoms with Crippen LogP contribution in [0.15, 0.2) is 0 Å². The van der Waals surface area contributed by atoms with E-state index in [1.165, 1.54) is 0 Å². The molecule has 1 atom stereocenters. The van der Waals surface area contributed by atoms with Crippen LogP contribution in [0.2, 0.25) is 0 Å². The molecule has 0 saturated carbocycles. The van der Waals surface area contributed by atoms with Gasteiger partial charge in [-0.2, -0.15) is 0 Å². The highest BCUT2D eigenvalue weighted by Gasteiger charge is 2.11. The van der Waals surface area contributed by atoms with Crippen molar-refractivity contribution in [2.75, 3.05) is 33.5 Å². The van der Waals surface area contributed by atoms with E-state index in [4.69, 9.17) is 9.47 Å². The maximum Gasteiger partial charge on any atom is 0.0618 e. The maximum atomic E-state index is 5.39. The normalized spacial score (nSPS) is 13.5. The van der Waals surface area contributed by atoms with Crippen molar-refractivity contribution in [1.82, 2.24) is 5.32 Å². The molecule has 0 spiro atoms. The second-order valence-corrected chi connectivity index (χ2v) is 3.87. The Morgan fingerprint density at radius 1 is 1.21 bits per heavy atom. The van der Waals surface area contributed by atoms with Crippen LogP contribution in [-0.2, 0) is 9.47 Å². The molecule has 0 aliphatic heterocycles. The SMILES string of the molecule is CCCOCCNC(COC)C(C)C. The molecular weight excluding hydrogens is 178 g/mol. The molecule has 0 aliphatic rings. The molecule has 0 aromatic heterocycles. The van der Waals surface area contributed by atoms with E-state index < -0.39 is 0 Å². The summed E-state index contributed by atoms with van der Waals surface area (Å²) in [6, 6.07) is 0.435. The lowest BCUT2D eigenvalue weighted by molar-refractivity contribution is 0.116. The molecule has 0 rings (SSSR count). The Bertz CT molecular complexity index is 118. The lowest BCUT2D eigenvalue weighted by Gasteiger charge is -2.21. The quantitative estimate of drug-likeness (QED) is 0.578. The van der Waals surface area contributed by atoms with Crippen LogP contribution in [0, 0.1) is 5.92 Å². The minimum Gasteiger partial charge on any atom is -0.383 e. The second kappa shape index (κ2) is 9.44. The Morgan fingerprint density at radius 3 is 2.43 bits per heavy atom. The number of methoxy groups -OCH3 is 1. The zero-order valence-corrected chi connectivity index (χ0v) is 10.0. The topological polar surface area (TPSA) is 30.5 Å². The predicted octanol–water partition coefficient (Wildman–Crippen LogP) is 1.67. The Hall–Kier alpha value is -0.120. The molecule has 86 valence electrons. The standard InChI is InChI=1S/C11H25NO2/c1-5-7-14-8-6-12-11(9-13-4)10(2)3/h10-12H,5-9H2,1-4H3. The summed E-state index contributed by atoms with van der Waals surface area (Å²) in [5.74, 6) is 0.598. The van der Waals surface area contributed by atoms with Crippen LogP contribution >= 0.6 is 0 Å². The molecule has 0 fully saturated rings. The smallest absolute Gasteiger partial charge is 0.0618 e. The van der Waals surface area contributed by atoms with E-state index in [-0.39, 0.29) is 0 Å². The Morgan fingerprint density at radius 2 is 1.93 bits per heavy atom. The van der Waals surface area contributed by atoms with E-state index in [1.54, 1.807) is 7.11 Å². The van der Waals surface area contributed by atoms with Crippen molar-refractivity contribution in [3.05, 3.63) is 0 Å². The minimum absolute atomic E-state index is 0.435. The third-order valence-corrected chi connectivity index (χ3v) is 2.15. The summed E-state index contributed by atoms with van der Waals surface area (Å²) in [5.41, 5.74) is 0. The molecule has 14 heavy (non-hydrogen) atoms. The fourth-order valence-corrected chi connectivity index (χ4v) is 1.23. The molecular formula is C11H25NO2. The Kier molecular flexibility index (Phi) is 9.35. The van der Waals surface area contributed by atoms with E-state index in [9.17, 15) is 0 Å². The number of hydrogen-bond acceptors (Lipinski definition) is 3. The van der Waals surface area contributed by atoms with Crippen LogP contribution in [0.3, 0.4) is 0 Å². The summed E-state index contributed by atoms with van der Waals surface area (Å²) in [5, 5.41) is 3.43. The van der Waals surface area contributed by atoms with Crippen LogP contribution in [0.5, 0.6) is 0 Å². The van der Waals surface area contributed by atoms with Gasteiger partial charge in [-0.3, -0.25) is 0 Å². The first-order chi connectivity index (χ1) is 6.72. The summed E-state index contributed by atoms with van der Waals surface area (Å²) in [7, 11) is 1.74. The average molecular weight is 203 g/mol. The molecule has 0 saturated heterocycles. The summed E-state index contributed by atoms with van der Waals surface area (Å²) in [6.07, 6.45) is 1.09. The Labute approximate surface area is 88.2 Å². The van der Waals surface area contributed by atoms with Gasteiger partial charge in [0.05, 0.1) is 13.2 Å². The van der Waals surface area contributed by atoms with E-state index >= 15 is 0 Å². The highest BCUT2D eigenvalue weighted by Crippen LogP contribution is 2.01. The lowest BCUT2D eigenvalue weighted by atomic mass is 10.1. The van der Waals surface area contributed by atoms with Gasteiger partial charge in [-0.15, -0.1) is 0 Å². The molecule has 1 N–H and O–H groups in total. The van der Waals surface area contributed by atoms with Crippen LogP contribution in [-0.4, -0.2) is 39.5 Å². The van der Waals surface area contributed by atoms with E-state index in [1.807, 2.05) is 0 Å². The number of hydrogen-bond donors (Lipinski definition) is 1. The van der Waals surface area contributed by atoms with Gasteiger partial charge in [-0.05, 0) is 12.3 Å². The first kappa shape index (κ1) is 13.9. The van der Waals surface area contributed by atoms with Crippen molar-refractivity contribution < 1.29 is 9.47 Å². The van der Waals surface area contributed by atoms with Crippen molar-refractivity contribution in [3.63, 3.8) is 0 Å². The van der Waals surface area contributed by atoms with Crippen LogP contribution in [0.25, 0.3) is 0 Å². The number of ether oxygens (including phenoxy) is 2. The van der Waals surface area contributed by atoms with Crippen molar-refractivity contribution >= 4 is 0 Å². The predicted molar refractivity (Wildman–Crippen MR) is 59.6 cm³/mol. The molecule has 3 heteroatoms. The fourth-order valence-electron chi connectivity index (χ4n) is 1.23. The molecule has 0 amide bonds. The third-order valence-electron chi connectivity index (χ3n) is 2.15. The summed E-state index contributed by atoms with van der Waals surface area (Å²) >= 11 is 0. The second-order valence-electron chi connectivity index (χ2n) is 3.87. The molecule has 0 bridgehead atoms. The monoisotopic (exact) mass is 203 g/mol. The van der Waals surface area contributed by atoms with Gasteiger partial charge in [-0.1, -0.05) is 20.8 Å². The zero-order chi connectivity index (χ0) is 10.8. The highest BCUT2D eigenvalue weighted by atomic mass is 16.5. The summed E-state index contributed by atoms with van der Waals surface area (Å²) < 4.78 is 10.5. The fraction of sp³-hybridized carbons (Fsp3) is 1.00. The van der Waals surface area contributed by atoms with Gasteiger partial charge >= 0.3 is 0 Å². The molecule has 3 nitrogen and oxygen atoms in total.